The summed E-state index contributed by atoms with van der Waals surface area (Å²) in [6.45, 7) is 6.65. The topological polar surface area (TPSA) is 26.0 Å². The van der Waals surface area contributed by atoms with Crippen LogP contribution in [-0.4, -0.2) is 6.54 Å². The minimum Gasteiger partial charge on any atom is -0.330 e. The second-order valence-corrected chi connectivity index (χ2v) is 3.54. The second-order valence-electron chi connectivity index (χ2n) is 3.10. The van der Waals surface area contributed by atoms with Gasteiger partial charge in [-0.25, -0.2) is 0 Å². The van der Waals surface area contributed by atoms with E-state index in [0.717, 1.165) is 28.1 Å². The van der Waals surface area contributed by atoms with Gasteiger partial charge in [-0.05, 0) is 48.7 Å². The van der Waals surface area contributed by atoms with Crippen molar-refractivity contribution in [2.45, 2.75) is 13.3 Å². The van der Waals surface area contributed by atoms with Gasteiger partial charge in [0.15, 0.2) is 0 Å². The Labute approximate surface area is 84.2 Å². The van der Waals surface area contributed by atoms with Gasteiger partial charge < -0.3 is 5.73 Å². The first-order valence-corrected chi connectivity index (χ1v) is 4.67. The molecule has 1 aromatic rings. The van der Waals surface area contributed by atoms with Gasteiger partial charge in [-0.2, -0.15) is 0 Å². The van der Waals surface area contributed by atoms with E-state index in [4.69, 9.17) is 17.3 Å². The number of hydrogen-bond donors (Lipinski definition) is 1. The Bertz CT molecular complexity index is 318. The number of halogens is 1. The predicted octanol–water partition coefficient (Wildman–Crippen LogP) is 3.01. The van der Waals surface area contributed by atoms with Crippen LogP contribution in [0.15, 0.2) is 24.8 Å². The first kappa shape index (κ1) is 10.3. The van der Waals surface area contributed by atoms with E-state index < -0.39 is 0 Å². The van der Waals surface area contributed by atoms with E-state index in [1.165, 1.54) is 0 Å². The normalized spacial score (nSPS) is 10.1. The number of aryl methyl sites for hydroxylation is 1. The van der Waals surface area contributed by atoms with Crippen LogP contribution in [0.3, 0.4) is 0 Å². The van der Waals surface area contributed by atoms with Crippen molar-refractivity contribution < 1.29 is 0 Å². The number of rotatable bonds is 3. The lowest BCUT2D eigenvalue weighted by molar-refractivity contribution is 1.02. The number of hydrogen-bond acceptors (Lipinski definition) is 1. The molecule has 2 N–H and O–H groups in total. The van der Waals surface area contributed by atoms with E-state index in [0.29, 0.717) is 6.54 Å². The van der Waals surface area contributed by atoms with Crippen LogP contribution in [-0.2, 0) is 0 Å². The number of benzene rings is 1. The molecule has 0 unspecified atom stereocenters. The standard InChI is InChI=1S/C11H14ClN/c1-8(5-6-13)11-4-3-10(12)7-9(11)2/h3-4,7H,1,5-6,13H2,2H3. The zero-order chi connectivity index (χ0) is 9.84. The minimum atomic E-state index is 0.640. The molecule has 0 spiro atoms. The molecule has 0 saturated heterocycles. The lowest BCUT2D eigenvalue weighted by Crippen LogP contribution is -2.00. The van der Waals surface area contributed by atoms with E-state index >= 15 is 0 Å². The molecule has 0 aromatic heterocycles. The van der Waals surface area contributed by atoms with Crippen LogP contribution in [0.25, 0.3) is 5.57 Å². The third-order valence-electron chi connectivity index (χ3n) is 2.02. The van der Waals surface area contributed by atoms with E-state index in [9.17, 15) is 0 Å². The Morgan fingerprint density at radius 1 is 1.54 bits per heavy atom. The van der Waals surface area contributed by atoms with Crippen LogP contribution in [0.5, 0.6) is 0 Å². The summed E-state index contributed by atoms with van der Waals surface area (Å²) in [5.41, 5.74) is 8.86. The molecule has 0 bridgehead atoms. The van der Waals surface area contributed by atoms with Gasteiger partial charge >= 0.3 is 0 Å². The summed E-state index contributed by atoms with van der Waals surface area (Å²) in [5.74, 6) is 0. The second kappa shape index (κ2) is 4.45. The fourth-order valence-corrected chi connectivity index (χ4v) is 1.56. The van der Waals surface area contributed by atoms with Gasteiger partial charge in [-0.1, -0.05) is 24.2 Å². The molecule has 0 radical (unpaired) electrons. The summed E-state index contributed by atoms with van der Waals surface area (Å²) < 4.78 is 0. The molecule has 0 heterocycles. The molecule has 1 nitrogen and oxygen atoms in total. The van der Waals surface area contributed by atoms with Crippen molar-refractivity contribution in [3.05, 3.63) is 40.9 Å². The quantitative estimate of drug-likeness (QED) is 0.789. The highest BCUT2D eigenvalue weighted by Gasteiger charge is 2.02. The first-order chi connectivity index (χ1) is 6.15. The van der Waals surface area contributed by atoms with Gasteiger partial charge in [0.1, 0.15) is 0 Å². The van der Waals surface area contributed by atoms with Crippen molar-refractivity contribution >= 4 is 17.2 Å². The van der Waals surface area contributed by atoms with Gasteiger partial charge in [0.05, 0.1) is 0 Å². The molecule has 0 fully saturated rings. The molecule has 0 aliphatic rings. The fourth-order valence-electron chi connectivity index (χ4n) is 1.33. The lowest BCUT2D eigenvalue weighted by atomic mass is 10.00. The maximum Gasteiger partial charge on any atom is 0.0409 e. The van der Waals surface area contributed by atoms with Gasteiger partial charge in [0.25, 0.3) is 0 Å². The Morgan fingerprint density at radius 2 is 2.23 bits per heavy atom. The molecule has 0 aliphatic carbocycles. The molecular formula is C11H14ClN. The highest BCUT2D eigenvalue weighted by atomic mass is 35.5. The zero-order valence-electron chi connectivity index (χ0n) is 7.81. The van der Waals surface area contributed by atoms with Gasteiger partial charge in [-0.3, -0.25) is 0 Å². The summed E-state index contributed by atoms with van der Waals surface area (Å²) in [6, 6.07) is 5.82. The van der Waals surface area contributed by atoms with Crippen LogP contribution < -0.4 is 5.73 Å². The Kier molecular flexibility index (Phi) is 3.52. The van der Waals surface area contributed by atoms with Gasteiger partial charge in [0.2, 0.25) is 0 Å². The Balaban J connectivity index is 2.95. The van der Waals surface area contributed by atoms with Crippen molar-refractivity contribution in [1.82, 2.24) is 0 Å². The van der Waals surface area contributed by atoms with Crippen LogP contribution >= 0.6 is 11.6 Å². The molecule has 0 aliphatic heterocycles. The largest absolute Gasteiger partial charge is 0.330 e. The summed E-state index contributed by atoms with van der Waals surface area (Å²) in [7, 11) is 0. The zero-order valence-corrected chi connectivity index (χ0v) is 8.56. The maximum atomic E-state index is 5.84. The minimum absolute atomic E-state index is 0.640. The molecule has 0 saturated carbocycles. The number of nitrogens with two attached hydrogens (primary N) is 1. The summed E-state index contributed by atoms with van der Waals surface area (Å²) >= 11 is 5.84. The monoisotopic (exact) mass is 195 g/mol. The lowest BCUT2D eigenvalue weighted by Gasteiger charge is -2.08. The molecule has 0 atom stereocenters. The van der Waals surface area contributed by atoms with Crippen LogP contribution in [0.2, 0.25) is 5.02 Å². The third kappa shape index (κ3) is 2.58. The van der Waals surface area contributed by atoms with Gasteiger partial charge in [0, 0.05) is 5.02 Å². The van der Waals surface area contributed by atoms with E-state index in [1.807, 2.05) is 25.1 Å². The van der Waals surface area contributed by atoms with E-state index in [1.54, 1.807) is 0 Å². The summed E-state index contributed by atoms with van der Waals surface area (Å²) in [4.78, 5) is 0. The smallest absolute Gasteiger partial charge is 0.0409 e. The Hall–Kier alpha value is -0.790. The average molecular weight is 196 g/mol. The van der Waals surface area contributed by atoms with Crippen molar-refractivity contribution in [3.63, 3.8) is 0 Å². The molecule has 2 heteroatoms. The van der Waals surface area contributed by atoms with Crippen LogP contribution in [0, 0.1) is 6.92 Å². The molecule has 0 amide bonds. The molecular weight excluding hydrogens is 182 g/mol. The molecule has 70 valence electrons. The van der Waals surface area contributed by atoms with E-state index in [-0.39, 0.29) is 0 Å². The third-order valence-corrected chi connectivity index (χ3v) is 2.25. The SMILES string of the molecule is C=C(CCN)c1ccc(Cl)cc1C. The predicted molar refractivity (Wildman–Crippen MR) is 58.9 cm³/mol. The van der Waals surface area contributed by atoms with Gasteiger partial charge in [-0.15, -0.1) is 0 Å². The highest BCUT2D eigenvalue weighted by molar-refractivity contribution is 6.30. The van der Waals surface area contributed by atoms with E-state index in [2.05, 4.69) is 6.58 Å². The van der Waals surface area contributed by atoms with Crippen molar-refractivity contribution in [2.75, 3.05) is 6.54 Å². The van der Waals surface area contributed by atoms with Crippen molar-refractivity contribution in [3.8, 4) is 0 Å². The highest BCUT2D eigenvalue weighted by Crippen LogP contribution is 2.22. The molecule has 13 heavy (non-hydrogen) atoms. The Morgan fingerprint density at radius 3 is 2.77 bits per heavy atom. The van der Waals surface area contributed by atoms with Crippen molar-refractivity contribution in [2.24, 2.45) is 5.73 Å². The summed E-state index contributed by atoms with van der Waals surface area (Å²) in [6.07, 6.45) is 0.836. The maximum absolute atomic E-state index is 5.84. The molecule has 1 rings (SSSR count). The first-order valence-electron chi connectivity index (χ1n) is 4.29. The van der Waals surface area contributed by atoms with Crippen LogP contribution in [0.4, 0.5) is 0 Å². The summed E-state index contributed by atoms with van der Waals surface area (Å²) in [5, 5.41) is 0.766. The van der Waals surface area contributed by atoms with Crippen molar-refractivity contribution in [1.29, 1.82) is 0 Å². The fraction of sp³-hybridized carbons (Fsp3) is 0.273. The van der Waals surface area contributed by atoms with Crippen LogP contribution in [0.1, 0.15) is 17.5 Å². The molecule has 1 aromatic carbocycles. The average Bonchev–Trinajstić information content (AvgIpc) is 2.04.